The van der Waals surface area contributed by atoms with Gasteiger partial charge < -0.3 is 10.2 Å². The molecule has 1 fully saturated rings. The summed E-state index contributed by atoms with van der Waals surface area (Å²) in [5.74, 6) is 0.642. The number of piperazine rings is 1. The van der Waals surface area contributed by atoms with Crippen LogP contribution in [0.2, 0.25) is 0 Å². The van der Waals surface area contributed by atoms with E-state index in [0.717, 1.165) is 26.1 Å². The first-order valence-corrected chi connectivity index (χ1v) is 7.26. The molecule has 2 atom stereocenters. The fourth-order valence-electron chi connectivity index (χ4n) is 2.72. The van der Waals surface area contributed by atoms with Crippen molar-refractivity contribution in [2.45, 2.75) is 38.6 Å². The smallest absolute Gasteiger partial charge is 0.223 e. The van der Waals surface area contributed by atoms with Gasteiger partial charge >= 0.3 is 0 Å². The summed E-state index contributed by atoms with van der Waals surface area (Å²) in [6, 6.07) is 10.8. The Labute approximate surface area is 116 Å². The largest absolute Gasteiger partial charge is 0.340 e. The minimum Gasteiger partial charge on any atom is -0.340 e. The van der Waals surface area contributed by atoms with Gasteiger partial charge in [-0.2, -0.15) is 0 Å². The molecular formula is C16H24N2O. The van der Waals surface area contributed by atoms with Crippen molar-refractivity contribution in [3.05, 3.63) is 35.9 Å². The van der Waals surface area contributed by atoms with Crippen LogP contribution in [-0.4, -0.2) is 36.5 Å². The number of carbonyl (C=O) groups is 1. The van der Waals surface area contributed by atoms with Gasteiger partial charge in [0, 0.05) is 32.1 Å². The molecule has 1 aliphatic heterocycles. The number of rotatable bonds is 4. The molecule has 0 aromatic heterocycles. The van der Waals surface area contributed by atoms with Gasteiger partial charge in [-0.15, -0.1) is 0 Å². The third-order valence-electron chi connectivity index (χ3n) is 3.91. The second-order valence-electron chi connectivity index (χ2n) is 5.41. The van der Waals surface area contributed by atoms with Crippen LogP contribution in [0, 0.1) is 0 Å². The molecule has 1 heterocycles. The molecule has 0 radical (unpaired) electrons. The van der Waals surface area contributed by atoms with Gasteiger partial charge in [-0.1, -0.05) is 37.3 Å². The molecular weight excluding hydrogens is 236 g/mol. The van der Waals surface area contributed by atoms with Crippen LogP contribution in [0.15, 0.2) is 30.3 Å². The highest BCUT2D eigenvalue weighted by atomic mass is 16.2. The first-order chi connectivity index (χ1) is 9.20. The Balaban J connectivity index is 1.96. The molecule has 0 saturated carbocycles. The van der Waals surface area contributed by atoms with E-state index < -0.39 is 0 Å². The van der Waals surface area contributed by atoms with Gasteiger partial charge in [0.2, 0.25) is 5.91 Å². The summed E-state index contributed by atoms with van der Waals surface area (Å²) < 4.78 is 0. The monoisotopic (exact) mass is 260 g/mol. The Hall–Kier alpha value is -1.35. The van der Waals surface area contributed by atoms with E-state index in [1.807, 2.05) is 11.0 Å². The van der Waals surface area contributed by atoms with E-state index in [1.54, 1.807) is 0 Å². The number of hydrogen-bond donors (Lipinski definition) is 1. The van der Waals surface area contributed by atoms with Crippen molar-refractivity contribution in [3.63, 3.8) is 0 Å². The van der Waals surface area contributed by atoms with E-state index in [0.29, 0.717) is 24.3 Å². The zero-order valence-corrected chi connectivity index (χ0v) is 11.9. The highest BCUT2D eigenvalue weighted by Gasteiger charge is 2.23. The van der Waals surface area contributed by atoms with Crippen molar-refractivity contribution in [1.29, 1.82) is 0 Å². The highest BCUT2D eigenvalue weighted by Crippen LogP contribution is 2.24. The molecule has 0 aliphatic carbocycles. The van der Waals surface area contributed by atoms with Crippen molar-refractivity contribution in [2.24, 2.45) is 0 Å². The van der Waals surface area contributed by atoms with Crippen LogP contribution in [0.3, 0.4) is 0 Å². The predicted octanol–water partition coefficient (Wildman–Crippen LogP) is 2.39. The molecule has 3 heteroatoms. The van der Waals surface area contributed by atoms with Crippen molar-refractivity contribution in [2.75, 3.05) is 19.6 Å². The van der Waals surface area contributed by atoms with Crippen LogP contribution < -0.4 is 5.32 Å². The average Bonchev–Trinajstić information content (AvgIpc) is 2.45. The topological polar surface area (TPSA) is 32.3 Å². The van der Waals surface area contributed by atoms with E-state index in [4.69, 9.17) is 0 Å². The van der Waals surface area contributed by atoms with Crippen LogP contribution in [0.5, 0.6) is 0 Å². The van der Waals surface area contributed by atoms with E-state index in [1.165, 1.54) is 5.56 Å². The van der Waals surface area contributed by atoms with Crippen LogP contribution in [-0.2, 0) is 4.79 Å². The summed E-state index contributed by atoms with van der Waals surface area (Å²) in [6.07, 6.45) is 1.64. The normalized spacial score (nSPS) is 21.2. The van der Waals surface area contributed by atoms with Gasteiger partial charge in [-0.05, 0) is 24.8 Å². The van der Waals surface area contributed by atoms with Crippen molar-refractivity contribution in [1.82, 2.24) is 10.2 Å². The van der Waals surface area contributed by atoms with Gasteiger partial charge in [-0.25, -0.2) is 0 Å². The minimum atomic E-state index is 0.295. The summed E-state index contributed by atoms with van der Waals surface area (Å²) in [5.41, 5.74) is 1.28. The molecule has 2 unspecified atom stereocenters. The van der Waals surface area contributed by atoms with Crippen molar-refractivity contribution < 1.29 is 4.79 Å². The molecule has 1 N–H and O–H groups in total. The van der Waals surface area contributed by atoms with Crippen LogP contribution in [0.25, 0.3) is 0 Å². The maximum atomic E-state index is 12.4. The van der Waals surface area contributed by atoms with Crippen LogP contribution >= 0.6 is 0 Å². The third kappa shape index (κ3) is 3.80. The van der Waals surface area contributed by atoms with E-state index >= 15 is 0 Å². The lowest BCUT2D eigenvalue weighted by Gasteiger charge is -2.33. The molecule has 2 rings (SSSR count). The molecule has 3 nitrogen and oxygen atoms in total. The molecule has 0 spiro atoms. The van der Waals surface area contributed by atoms with E-state index in [-0.39, 0.29) is 0 Å². The zero-order chi connectivity index (χ0) is 13.7. The zero-order valence-electron chi connectivity index (χ0n) is 11.9. The molecule has 1 amide bonds. The predicted molar refractivity (Wildman–Crippen MR) is 78.1 cm³/mol. The van der Waals surface area contributed by atoms with Gasteiger partial charge in [0.1, 0.15) is 0 Å². The standard InChI is InChI=1S/C16H24N2O/c1-3-14(15-7-5-4-6-8-15)11-16(19)18-10-9-17-13(2)12-18/h4-8,13-14,17H,3,9-12H2,1-2H3. The maximum absolute atomic E-state index is 12.4. The first kappa shape index (κ1) is 14.1. The average molecular weight is 260 g/mol. The lowest BCUT2D eigenvalue weighted by molar-refractivity contribution is -0.132. The fourth-order valence-corrected chi connectivity index (χ4v) is 2.72. The minimum absolute atomic E-state index is 0.295. The molecule has 104 valence electrons. The Kier molecular flexibility index (Phi) is 4.97. The number of hydrogen-bond acceptors (Lipinski definition) is 2. The number of benzene rings is 1. The van der Waals surface area contributed by atoms with Crippen molar-refractivity contribution >= 4 is 5.91 Å². The molecule has 1 aliphatic rings. The Morgan fingerprint density at radius 3 is 2.79 bits per heavy atom. The molecule has 1 aromatic rings. The van der Waals surface area contributed by atoms with Crippen molar-refractivity contribution in [3.8, 4) is 0 Å². The first-order valence-electron chi connectivity index (χ1n) is 7.26. The maximum Gasteiger partial charge on any atom is 0.223 e. The van der Waals surface area contributed by atoms with E-state index in [9.17, 15) is 4.79 Å². The molecule has 1 saturated heterocycles. The van der Waals surface area contributed by atoms with Crippen LogP contribution in [0.1, 0.15) is 38.2 Å². The number of carbonyl (C=O) groups excluding carboxylic acids is 1. The highest BCUT2D eigenvalue weighted by molar-refractivity contribution is 5.77. The van der Waals surface area contributed by atoms with E-state index in [2.05, 4.69) is 43.4 Å². The Bertz CT molecular complexity index is 404. The third-order valence-corrected chi connectivity index (χ3v) is 3.91. The summed E-state index contributed by atoms with van der Waals surface area (Å²) >= 11 is 0. The Morgan fingerprint density at radius 1 is 1.42 bits per heavy atom. The molecule has 19 heavy (non-hydrogen) atoms. The SMILES string of the molecule is CCC(CC(=O)N1CCNC(C)C1)c1ccccc1. The summed E-state index contributed by atoms with van der Waals surface area (Å²) in [7, 11) is 0. The van der Waals surface area contributed by atoms with Gasteiger partial charge in [0.05, 0.1) is 0 Å². The Morgan fingerprint density at radius 2 is 2.16 bits per heavy atom. The fraction of sp³-hybridized carbons (Fsp3) is 0.562. The van der Waals surface area contributed by atoms with Gasteiger partial charge in [-0.3, -0.25) is 4.79 Å². The lowest BCUT2D eigenvalue weighted by Crippen LogP contribution is -2.51. The summed E-state index contributed by atoms with van der Waals surface area (Å²) in [4.78, 5) is 14.4. The summed E-state index contributed by atoms with van der Waals surface area (Å²) in [5, 5.41) is 3.37. The van der Waals surface area contributed by atoms with Gasteiger partial charge in [0.15, 0.2) is 0 Å². The lowest BCUT2D eigenvalue weighted by atomic mass is 9.92. The van der Waals surface area contributed by atoms with Crippen LogP contribution in [0.4, 0.5) is 0 Å². The molecule has 0 bridgehead atoms. The molecule has 1 aromatic carbocycles. The quantitative estimate of drug-likeness (QED) is 0.901. The van der Waals surface area contributed by atoms with Gasteiger partial charge in [0.25, 0.3) is 0 Å². The number of amides is 1. The second-order valence-corrected chi connectivity index (χ2v) is 5.41. The second kappa shape index (κ2) is 6.71. The number of nitrogens with one attached hydrogen (secondary N) is 1. The number of nitrogens with zero attached hydrogens (tertiary/aromatic N) is 1. The summed E-state index contributed by atoms with van der Waals surface area (Å²) in [6.45, 7) is 6.88.